The Morgan fingerprint density at radius 1 is 1.53 bits per heavy atom. The highest BCUT2D eigenvalue weighted by atomic mass is 35.5. The number of phenols is 1. The highest BCUT2D eigenvalue weighted by Crippen LogP contribution is 2.36. The van der Waals surface area contributed by atoms with Gasteiger partial charge < -0.3 is 20.7 Å². The molecule has 1 rings (SSSR count). The summed E-state index contributed by atoms with van der Waals surface area (Å²) in [6.07, 6.45) is 0. The van der Waals surface area contributed by atoms with Crippen LogP contribution in [0.5, 0.6) is 11.5 Å². The van der Waals surface area contributed by atoms with E-state index in [0.717, 1.165) is 0 Å². The van der Waals surface area contributed by atoms with E-state index in [4.69, 9.17) is 27.2 Å². The Labute approximate surface area is 99.0 Å². The minimum Gasteiger partial charge on any atom is -0.503 e. The first-order chi connectivity index (χ1) is 6.60. The maximum Gasteiger partial charge on any atom is 0.176 e. The standard InChI is InChI=1S/C9H12ClNO3.ClH/c1-14-8-3-5(7(11)4-12)2-6(10)9(8)13;/h2-3,7,12-13H,4,11H2,1H3;1H/t7-;/m0./s1. The smallest absolute Gasteiger partial charge is 0.176 e. The molecule has 0 aliphatic rings. The SMILES string of the molecule is COc1cc([C@@H](N)CO)cc(Cl)c1O.Cl. The number of aliphatic hydroxyl groups excluding tert-OH is 1. The second kappa shape index (κ2) is 6.02. The molecule has 0 saturated carbocycles. The fourth-order valence-electron chi connectivity index (χ4n) is 1.07. The van der Waals surface area contributed by atoms with Crippen LogP contribution in [0.25, 0.3) is 0 Å². The number of aliphatic hydroxyl groups is 1. The summed E-state index contributed by atoms with van der Waals surface area (Å²) in [6, 6.07) is 2.52. The van der Waals surface area contributed by atoms with Crippen molar-refractivity contribution >= 4 is 24.0 Å². The molecule has 0 spiro atoms. The molecule has 0 bridgehead atoms. The van der Waals surface area contributed by atoms with Crippen LogP contribution in [-0.4, -0.2) is 23.9 Å². The Morgan fingerprint density at radius 2 is 2.13 bits per heavy atom. The number of hydrogen-bond donors (Lipinski definition) is 3. The van der Waals surface area contributed by atoms with Gasteiger partial charge in [-0.05, 0) is 17.7 Å². The van der Waals surface area contributed by atoms with Crippen molar-refractivity contribution in [2.24, 2.45) is 5.73 Å². The van der Waals surface area contributed by atoms with Crippen molar-refractivity contribution < 1.29 is 14.9 Å². The highest BCUT2D eigenvalue weighted by molar-refractivity contribution is 6.32. The van der Waals surface area contributed by atoms with Gasteiger partial charge >= 0.3 is 0 Å². The second-order valence-electron chi connectivity index (χ2n) is 2.84. The molecule has 0 amide bonds. The lowest BCUT2D eigenvalue weighted by Gasteiger charge is -2.12. The van der Waals surface area contributed by atoms with Crippen LogP contribution >= 0.6 is 24.0 Å². The van der Waals surface area contributed by atoms with Gasteiger partial charge in [-0.25, -0.2) is 0 Å². The molecule has 15 heavy (non-hydrogen) atoms. The summed E-state index contributed by atoms with van der Waals surface area (Å²) < 4.78 is 4.89. The van der Waals surface area contributed by atoms with E-state index in [1.807, 2.05) is 0 Å². The molecule has 1 atom stereocenters. The number of ether oxygens (including phenoxy) is 1. The average Bonchev–Trinajstić information content (AvgIpc) is 2.20. The number of methoxy groups -OCH3 is 1. The van der Waals surface area contributed by atoms with E-state index in [1.54, 1.807) is 6.07 Å². The molecule has 0 fully saturated rings. The number of aromatic hydroxyl groups is 1. The predicted molar refractivity (Wildman–Crippen MR) is 60.9 cm³/mol. The molecule has 1 aromatic carbocycles. The largest absolute Gasteiger partial charge is 0.503 e. The van der Waals surface area contributed by atoms with Crippen molar-refractivity contribution in [3.8, 4) is 11.5 Å². The fourth-order valence-corrected chi connectivity index (χ4v) is 1.29. The number of rotatable bonds is 3. The molecule has 0 aromatic heterocycles. The van der Waals surface area contributed by atoms with Crippen molar-refractivity contribution in [3.05, 3.63) is 22.7 Å². The van der Waals surface area contributed by atoms with E-state index < -0.39 is 6.04 Å². The van der Waals surface area contributed by atoms with Gasteiger partial charge in [-0.3, -0.25) is 0 Å². The molecule has 0 aliphatic heterocycles. The minimum atomic E-state index is -0.526. The molecule has 0 unspecified atom stereocenters. The van der Waals surface area contributed by atoms with Gasteiger partial charge in [-0.15, -0.1) is 12.4 Å². The molecule has 0 saturated heterocycles. The molecule has 1 aromatic rings. The van der Waals surface area contributed by atoms with Crippen LogP contribution in [-0.2, 0) is 0 Å². The first-order valence-electron chi connectivity index (χ1n) is 4.03. The van der Waals surface area contributed by atoms with Gasteiger partial charge in [-0.2, -0.15) is 0 Å². The van der Waals surface area contributed by atoms with Gasteiger partial charge in [0.05, 0.1) is 24.8 Å². The third-order valence-corrected chi connectivity index (χ3v) is 2.18. The summed E-state index contributed by atoms with van der Waals surface area (Å²) in [5.74, 6) is 0.124. The van der Waals surface area contributed by atoms with Gasteiger partial charge in [-0.1, -0.05) is 11.6 Å². The maximum atomic E-state index is 9.42. The van der Waals surface area contributed by atoms with Gasteiger partial charge in [0.15, 0.2) is 11.5 Å². The Morgan fingerprint density at radius 3 is 2.60 bits per heavy atom. The van der Waals surface area contributed by atoms with Crippen molar-refractivity contribution in [1.82, 2.24) is 0 Å². The topological polar surface area (TPSA) is 75.7 Å². The Kier molecular flexibility index (Phi) is 5.75. The van der Waals surface area contributed by atoms with Crippen molar-refractivity contribution in [2.45, 2.75) is 6.04 Å². The predicted octanol–water partition coefficient (Wildman–Crippen LogP) is 1.47. The summed E-state index contributed by atoms with van der Waals surface area (Å²) in [4.78, 5) is 0. The molecular weight excluding hydrogens is 241 g/mol. The lowest BCUT2D eigenvalue weighted by molar-refractivity contribution is 0.267. The molecule has 4 nitrogen and oxygen atoms in total. The number of phenolic OH excluding ortho intramolecular Hbond substituents is 1. The van der Waals surface area contributed by atoms with E-state index >= 15 is 0 Å². The van der Waals surface area contributed by atoms with E-state index in [-0.39, 0.29) is 35.5 Å². The van der Waals surface area contributed by atoms with Gasteiger partial charge in [0.1, 0.15) is 0 Å². The van der Waals surface area contributed by atoms with Crippen LogP contribution in [0.3, 0.4) is 0 Å². The number of nitrogens with two attached hydrogens (primary N) is 1. The van der Waals surface area contributed by atoms with Crippen LogP contribution < -0.4 is 10.5 Å². The Hall–Kier alpha value is -0.680. The van der Waals surface area contributed by atoms with Gasteiger partial charge in [0.2, 0.25) is 0 Å². The molecule has 0 radical (unpaired) electrons. The van der Waals surface area contributed by atoms with Crippen LogP contribution in [0.15, 0.2) is 12.1 Å². The third-order valence-electron chi connectivity index (χ3n) is 1.90. The van der Waals surface area contributed by atoms with Crippen LogP contribution in [0, 0.1) is 0 Å². The summed E-state index contributed by atoms with van der Waals surface area (Å²) in [5.41, 5.74) is 6.21. The summed E-state index contributed by atoms with van der Waals surface area (Å²) in [5, 5.41) is 18.4. The maximum absolute atomic E-state index is 9.42. The lowest BCUT2D eigenvalue weighted by Crippen LogP contribution is -2.14. The number of hydrogen-bond acceptors (Lipinski definition) is 4. The number of halogens is 2. The molecular formula is C9H13Cl2NO3. The summed E-state index contributed by atoms with van der Waals surface area (Å²) in [7, 11) is 1.42. The average molecular weight is 254 g/mol. The zero-order valence-electron chi connectivity index (χ0n) is 8.11. The normalized spacial score (nSPS) is 11.7. The number of benzene rings is 1. The van der Waals surface area contributed by atoms with Gasteiger partial charge in [0, 0.05) is 0 Å². The quantitative estimate of drug-likeness (QED) is 0.763. The van der Waals surface area contributed by atoms with Crippen molar-refractivity contribution in [1.29, 1.82) is 0 Å². The second-order valence-corrected chi connectivity index (χ2v) is 3.25. The molecule has 0 aliphatic carbocycles. The third kappa shape index (κ3) is 3.14. The zero-order chi connectivity index (χ0) is 10.7. The molecule has 0 heterocycles. The van der Waals surface area contributed by atoms with E-state index in [2.05, 4.69) is 0 Å². The van der Waals surface area contributed by atoms with Gasteiger partial charge in [0.25, 0.3) is 0 Å². The summed E-state index contributed by atoms with van der Waals surface area (Å²) >= 11 is 5.73. The Balaban J connectivity index is 0.00000196. The van der Waals surface area contributed by atoms with E-state index in [9.17, 15) is 5.11 Å². The fraction of sp³-hybridized carbons (Fsp3) is 0.333. The van der Waals surface area contributed by atoms with E-state index in [1.165, 1.54) is 13.2 Å². The van der Waals surface area contributed by atoms with Crippen molar-refractivity contribution in [3.63, 3.8) is 0 Å². The zero-order valence-corrected chi connectivity index (χ0v) is 9.68. The molecule has 86 valence electrons. The molecule has 4 N–H and O–H groups in total. The highest BCUT2D eigenvalue weighted by Gasteiger charge is 2.12. The first kappa shape index (κ1) is 14.3. The van der Waals surface area contributed by atoms with Crippen LogP contribution in [0.4, 0.5) is 0 Å². The summed E-state index contributed by atoms with van der Waals surface area (Å²) in [6.45, 7) is -0.190. The van der Waals surface area contributed by atoms with Crippen LogP contribution in [0.2, 0.25) is 5.02 Å². The van der Waals surface area contributed by atoms with Crippen molar-refractivity contribution in [2.75, 3.05) is 13.7 Å². The molecule has 6 heteroatoms. The lowest BCUT2D eigenvalue weighted by atomic mass is 10.1. The minimum absolute atomic E-state index is 0. The van der Waals surface area contributed by atoms with Crippen LogP contribution in [0.1, 0.15) is 11.6 Å². The van der Waals surface area contributed by atoms with E-state index in [0.29, 0.717) is 5.56 Å². The monoisotopic (exact) mass is 253 g/mol. The first-order valence-corrected chi connectivity index (χ1v) is 4.40. The Bertz CT molecular complexity index is 333.